The third-order valence-corrected chi connectivity index (χ3v) is 5.37. The van der Waals surface area contributed by atoms with Crippen molar-refractivity contribution >= 4 is 23.1 Å². The summed E-state index contributed by atoms with van der Waals surface area (Å²) in [5.74, 6) is 2.96. The zero-order chi connectivity index (χ0) is 14.8. The van der Waals surface area contributed by atoms with Gasteiger partial charge in [0.2, 0.25) is 0 Å². The van der Waals surface area contributed by atoms with Crippen LogP contribution < -0.4 is 5.32 Å². The summed E-state index contributed by atoms with van der Waals surface area (Å²) >= 11 is 5.71. The van der Waals surface area contributed by atoms with Crippen LogP contribution in [0.25, 0.3) is 0 Å². The quantitative estimate of drug-likeness (QED) is 0.612. The number of ketones is 1. The number of nitrogens with one attached hydrogen (secondary N) is 1. The van der Waals surface area contributed by atoms with Crippen molar-refractivity contribution in [1.82, 2.24) is 0 Å². The minimum atomic E-state index is 0.00165. The van der Waals surface area contributed by atoms with Crippen LogP contribution in [0.4, 0.5) is 5.69 Å². The molecule has 0 saturated heterocycles. The van der Waals surface area contributed by atoms with Gasteiger partial charge in [-0.25, -0.2) is 0 Å². The number of anilines is 1. The van der Waals surface area contributed by atoms with Crippen LogP contribution in [0.15, 0.2) is 18.2 Å². The second kappa shape index (κ2) is 6.39. The minimum absolute atomic E-state index is 0.00165. The Hall–Kier alpha value is -1.02. The number of rotatable bonds is 6. The van der Waals surface area contributed by atoms with E-state index in [1.165, 1.54) is 32.1 Å². The van der Waals surface area contributed by atoms with Crippen molar-refractivity contribution in [2.24, 2.45) is 17.8 Å². The molecule has 0 aromatic heterocycles. The Morgan fingerprint density at radius 2 is 1.95 bits per heavy atom. The van der Waals surface area contributed by atoms with Crippen LogP contribution in [0.5, 0.6) is 0 Å². The number of Topliss-reactive ketones (excluding diaryl/α,β-unsaturated/α-hetero) is 1. The van der Waals surface area contributed by atoms with Gasteiger partial charge in [-0.1, -0.05) is 11.6 Å². The van der Waals surface area contributed by atoms with Crippen molar-refractivity contribution in [3.05, 3.63) is 29.3 Å². The Morgan fingerprint density at radius 3 is 2.62 bits per heavy atom. The molecule has 1 aromatic carbocycles. The van der Waals surface area contributed by atoms with Gasteiger partial charge in [0.1, 0.15) is 0 Å². The lowest BCUT2D eigenvalue weighted by molar-refractivity contribution is 0.0651. The Bertz CT molecular complexity index is 512. The van der Waals surface area contributed by atoms with E-state index in [2.05, 4.69) is 5.32 Å². The molecule has 0 aliphatic heterocycles. The van der Waals surface area contributed by atoms with Crippen molar-refractivity contribution in [1.29, 1.82) is 0 Å². The van der Waals surface area contributed by atoms with Gasteiger partial charge in [-0.15, -0.1) is 11.6 Å². The Labute approximate surface area is 132 Å². The van der Waals surface area contributed by atoms with Gasteiger partial charge in [-0.05, 0) is 68.9 Å². The largest absolute Gasteiger partial charge is 0.384 e. The van der Waals surface area contributed by atoms with Crippen molar-refractivity contribution in [3.63, 3.8) is 0 Å². The van der Waals surface area contributed by atoms with E-state index in [9.17, 15) is 4.79 Å². The average molecular weight is 306 g/mol. The molecule has 3 aliphatic carbocycles. The van der Waals surface area contributed by atoms with Gasteiger partial charge < -0.3 is 5.32 Å². The molecule has 3 aliphatic rings. The van der Waals surface area contributed by atoms with Gasteiger partial charge in [-0.2, -0.15) is 0 Å². The normalized spacial score (nSPS) is 27.0. The molecule has 0 heterocycles. The first-order valence-electron chi connectivity index (χ1n) is 8.09. The standard InChI is InChI=1S/C18H24ClNO/c1-12-2-3-17(16(6-12)18(21)11-19)20-5-4-13-7-14-9-15(8-13)10-14/h2-3,6,13-15,20H,4-5,7-11H2,1H3. The molecule has 3 saturated carbocycles. The van der Waals surface area contributed by atoms with Crippen LogP contribution in [0.2, 0.25) is 0 Å². The highest BCUT2D eigenvalue weighted by Crippen LogP contribution is 2.48. The Morgan fingerprint density at radius 1 is 1.24 bits per heavy atom. The number of benzene rings is 1. The number of hydrogen-bond donors (Lipinski definition) is 1. The summed E-state index contributed by atoms with van der Waals surface area (Å²) in [6.07, 6.45) is 7.01. The molecule has 1 aromatic rings. The van der Waals surface area contributed by atoms with Crippen LogP contribution >= 0.6 is 11.6 Å². The van der Waals surface area contributed by atoms with E-state index in [0.717, 1.165) is 41.1 Å². The molecule has 21 heavy (non-hydrogen) atoms. The first-order chi connectivity index (χ1) is 10.2. The molecule has 114 valence electrons. The van der Waals surface area contributed by atoms with Crippen molar-refractivity contribution < 1.29 is 4.79 Å². The van der Waals surface area contributed by atoms with E-state index in [1.807, 2.05) is 25.1 Å². The van der Waals surface area contributed by atoms with Gasteiger partial charge in [0.15, 0.2) is 5.78 Å². The molecule has 0 spiro atoms. The maximum Gasteiger partial charge on any atom is 0.179 e. The summed E-state index contributed by atoms with van der Waals surface area (Å²) in [4.78, 5) is 11.9. The molecule has 1 N–H and O–H groups in total. The summed E-state index contributed by atoms with van der Waals surface area (Å²) in [5, 5.41) is 3.45. The summed E-state index contributed by atoms with van der Waals surface area (Å²) < 4.78 is 0. The number of fused-ring (bicyclic) bond motifs is 2. The fourth-order valence-corrected chi connectivity index (χ4v) is 4.20. The lowest BCUT2D eigenvalue weighted by Crippen LogP contribution is -2.34. The lowest BCUT2D eigenvalue weighted by Gasteiger charge is -2.45. The predicted octanol–water partition coefficient (Wildman–Crippen LogP) is 4.65. The number of carbonyl (C=O) groups excluding carboxylic acids is 1. The second-order valence-electron chi connectivity index (χ2n) is 6.86. The van der Waals surface area contributed by atoms with Gasteiger partial charge >= 0.3 is 0 Å². The highest BCUT2D eigenvalue weighted by atomic mass is 35.5. The highest BCUT2D eigenvalue weighted by molar-refractivity contribution is 6.31. The summed E-state index contributed by atoms with van der Waals surface area (Å²) in [7, 11) is 0. The SMILES string of the molecule is Cc1ccc(NCCC2CC3CC(C2)C3)c(C(=O)CCl)c1. The van der Waals surface area contributed by atoms with E-state index in [4.69, 9.17) is 11.6 Å². The predicted molar refractivity (Wildman–Crippen MR) is 88.3 cm³/mol. The fraction of sp³-hybridized carbons (Fsp3) is 0.611. The Balaban J connectivity index is 1.56. The average Bonchev–Trinajstić information content (AvgIpc) is 2.47. The zero-order valence-corrected chi connectivity index (χ0v) is 13.5. The minimum Gasteiger partial charge on any atom is -0.384 e. The monoisotopic (exact) mass is 305 g/mol. The number of hydrogen-bond acceptors (Lipinski definition) is 2. The van der Waals surface area contributed by atoms with Crippen LogP contribution in [0.3, 0.4) is 0 Å². The molecular weight excluding hydrogens is 282 g/mol. The van der Waals surface area contributed by atoms with E-state index < -0.39 is 0 Å². The maximum atomic E-state index is 11.9. The van der Waals surface area contributed by atoms with E-state index in [0.29, 0.717) is 0 Å². The van der Waals surface area contributed by atoms with E-state index >= 15 is 0 Å². The molecule has 4 rings (SSSR count). The van der Waals surface area contributed by atoms with Gasteiger partial charge in [0, 0.05) is 17.8 Å². The summed E-state index contributed by atoms with van der Waals surface area (Å²) in [6.45, 7) is 2.96. The molecule has 0 amide bonds. The summed E-state index contributed by atoms with van der Waals surface area (Å²) in [5.41, 5.74) is 2.77. The smallest absolute Gasteiger partial charge is 0.179 e. The molecule has 0 unspecified atom stereocenters. The van der Waals surface area contributed by atoms with Crippen molar-refractivity contribution in [2.45, 2.75) is 39.0 Å². The lowest BCUT2D eigenvalue weighted by atomic mass is 9.61. The van der Waals surface area contributed by atoms with Crippen LogP contribution in [-0.4, -0.2) is 18.2 Å². The maximum absolute atomic E-state index is 11.9. The third-order valence-electron chi connectivity index (χ3n) is 5.13. The Kier molecular flexibility index (Phi) is 4.54. The molecule has 0 atom stereocenters. The molecular formula is C18H24ClNO. The molecule has 0 radical (unpaired) electrons. The molecule has 3 fully saturated rings. The zero-order valence-electron chi connectivity index (χ0n) is 12.7. The van der Waals surface area contributed by atoms with Crippen LogP contribution in [0.1, 0.15) is 48.0 Å². The van der Waals surface area contributed by atoms with E-state index in [1.54, 1.807) is 0 Å². The van der Waals surface area contributed by atoms with E-state index in [-0.39, 0.29) is 11.7 Å². The van der Waals surface area contributed by atoms with Gasteiger partial charge in [0.05, 0.1) is 5.88 Å². The van der Waals surface area contributed by atoms with Crippen molar-refractivity contribution in [2.75, 3.05) is 17.7 Å². The molecule has 2 nitrogen and oxygen atoms in total. The van der Waals surface area contributed by atoms with Gasteiger partial charge in [0.25, 0.3) is 0 Å². The van der Waals surface area contributed by atoms with Crippen molar-refractivity contribution in [3.8, 4) is 0 Å². The topological polar surface area (TPSA) is 29.1 Å². The van der Waals surface area contributed by atoms with Gasteiger partial charge in [-0.3, -0.25) is 4.79 Å². The summed E-state index contributed by atoms with van der Waals surface area (Å²) in [6, 6.07) is 5.99. The highest BCUT2D eigenvalue weighted by Gasteiger charge is 2.37. The first kappa shape index (κ1) is 14.9. The number of alkyl halides is 1. The third kappa shape index (κ3) is 3.42. The van der Waals surface area contributed by atoms with Crippen LogP contribution in [0, 0.1) is 24.7 Å². The second-order valence-corrected chi connectivity index (χ2v) is 7.13. The number of carbonyl (C=O) groups is 1. The number of aryl methyl sites for hydroxylation is 1. The fourth-order valence-electron chi connectivity index (χ4n) is 4.06. The van der Waals surface area contributed by atoms with Crippen LogP contribution in [-0.2, 0) is 0 Å². The number of halogens is 1. The first-order valence-corrected chi connectivity index (χ1v) is 8.63. The molecule has 2 bridgehead atoms. The molecule has 3 heteroatoms.